The second-order valence-electron chi connectivity index (χ2n) is 7.48. The Kier molecular flexibility index (Phi) is 3.20. The van der Waals surface area contributed by atoms with E-state index in [1.165, 1.54) is 0 Å². The average Bonchev–Trinajstić information content (AvgIpc) is 3.00. The molecular formula is C20H20N2O4. The van der Waals surface area contributed by atoms with E-state index in [0.29, 0.717) is 12.8 Å². The number of hydrogen-bond acceptors (Lipinski definition) is 3. The number of benzene rings is 1. The molecule has 5 rings (SSSR count). The molecular weight excluding hydrogens is 332 g/mol. The summed E-state index contributed by atoms with van der Waals surface area (Å²) in [6.07, 6.45) is 4.44. The lowest BCUT2D eigenvalue weighted by molar-refractivity contribution is -0.164. The highest BCUT2D eigenvalue weighted by atomic mass is 16.5. The van der Waals surface area contributed by atoms with Crippen molar-refractivity contribution in [2.24, 2.45) is 11.8 Å². The molecule has 5 atom stereocenters. The number of carbonyl (C=O) groups is 2. The van der Waals surface area contributed by atoms with Gasteiger partial charge in [0.25, 0.3) is 0 Å². The SMILES string of the molecule is C[C@@H]1OC=CC2CC3c4[nH]c5ccccc5c4C[C@@H](C(=O)O)N3C(=O)C21. The number of fused-ring (bicyclic) bond motifs is 6. The highest BCUT2D eigenvalue weighted by molar-refractivity contribution is 5.91. The highest BCUT2D eigenvalue weighted by Crippen LogP contribution is 2.47. The van der Waals surface area contributed by atoms with Gasteiger partial charge in [-0.15, -0.1) is 0 Å². The molecule has 6 nitrogen and oxygen atoms in total. The topological polar surface area (TPSA) is 82.6 Å². The number of amides is 1. The number of allylic oxidation sites excluding steroid dienone is 1. The molecule has 3 unspecified atom stereocenters. The summed E-state index contributed by atoms with van der Waals surface area (Å²) in [5.41, 5.74) is 3.02. The van der Waals surface area contributed by atoms with Gasteiger partial charge in [-0.3, -0.25) is 4.79 Å². The van der Waals surface area contributed by atoms with Crippen LogP contribution in [0.4, 0.5) is 0 Å². The van der Waals surface area contributed by atoms with E-state index in [4.69, 9.17) is 4.74 Å². The van der Waals surface area contributed by atoms with Crippen LogP contribution in [0.25, 0.3) is 10.9 Å². The fourth-order valence-corrected chi connectivity index (χ4v) is 4.98. The number of aromatic nitrogens is 1. The van der Waals surface area contributed by atoms with E-state index in [-0.39, 0.29) is 29.9 Å². The molecule has 1 fully saturated rings. The van der Waals surface area contributed by atoms with Crippen LogP contribution < -0.4 is 0 Å². The molecule has 3 aliphatic rings. The van der Waals surface area contributed by atoms with Crippen LogP contribution in [0.3, 0.4) is 0 Å². The van der Waals surface area contributed by atoms with Gasteiger partial charge in [0.15, 0.2) is 0 Å². The molecule has 0 bridgehead atoms. The summed E-state index contributed by atoms with van der Waals surface area (Å²) in [6, 6.07) is 6.86. The molecule has 1 saturated heterocycles. The molecule has 1 aromatic carbocycles. The Morgan fingerprint density at radius 3 is 2.96 bits per heavy atom. The first-order valence-corrected chi connectivity index (χ1v) is 9.03. The largest absolute Gasteiger partial charge is 0.498 e. The summed E-state index contributed by atoms with van der Waals surface area (Å²) in [5, 5.41) is 10.9. The van der Waals surface area contributed by atoms with Crippen LogP contribution in [0.15, 0.2) is 36.6 Å². The lowest BCUT2D eigenvalue weighted by atomic mass is 9.74. The van der Waals surface area contributed by atoms with Crippen molar-refractivity contribution >= 4 is 22.8 Å². The molecule has 0 aliphatic carbocycles. The van der Waals surface area contributed by atoms with Crippen LogP contribution in [0.1, 0.15) is 30.6 Å². The molecule has 134 valence electrons. The minimum Gasteiger partial charge on any atom is -0.498 e. The van der Waals surface area contributed by atoms with Gasteiger partial charge in [-0.1, -0.05) is 18.2 Å². The highest BCUT2D eigenvalue weighted by Gasteiger charge is 2.52. The lowest BCUT2D eigenvalue weighted by Gasteiger charge is -2.49. The van der Waals surface area contributed by atoms with E-state index in [9.17, 15) is 14.7 Å². The molecule has 1 amide bonds. The Morgan fingerprint density at radius 2 is 2.15 bits per heavy atom. The first-order valence-electron chi connectivity index (χ1n) is 9.03. The van der Waals surface area contributed by atoms with Gasteiger partial charge in [0.05, 0.1) is 18.2 Å². The summed E-state index contributed by atoms with van der Waals surface area (Å²) < 4.78 is 5.53. The van der Waals surface area contributed by atoms with Crippen molar-refractivity contribution in [2.75, 3.05) is 0 Å². The van der Waals surface area contributed by atoms with Crippen LogP contribution in [0.5, 0.6) is 0 Å². The third-order valence-corrected chi connectivity index (χ3v) is 6.15. The number of H-pyrrole nitrogens is 1. The van der Waals surface area contributed by atoms with E-state index in [1.54, 1.807) is 11.2 Å². The van der Waals surface area contributed by atoms with Crippen LogP contribution in [0.2, 0.25) is 0 Å². The summed E-state index contributed by atoms with van der Waals surface area (Å²) in [4.78, 5) is 30.4. The number of nitrogens with zero attached hydrogens (tertiary/aromatic N) is 1. The number of hydrogen-bond donors (Lipinski definition) is 2. The van der Waals surface area contributed by atoms with Gasteiger partial charge >= 0.3 is 5.97 Å². The molecule has 6 heteroatoms. The smallest absolute Gasteiger partial charge is 0.326 e. The maximum atomic E-state index is 13.3. The molecule has 2 N–H and O–H groups in total. The summed E-state index contributed by atoms with van der Waals surface area (Å²) in [7, 11) is 0. The molecule has 4 heterocycles. The van der Waals surface area contributed by atoms with Gasteiger partial charge < -0.3 is 19.7 Å². The van der Waals surface area contributed by atoms with Crippen molar-refractivity contribution in [3.63, 3.8) is 0 Å². The Bertz CT molecular complexity index is 946. The van der Waals surface area contributed by atoms with Crippen molar-refractivity contribution in [2.45, 2.75) is 38.0 Å². The Morgan fingerprint density at radius 1 is 1.35 bits per heavy atom. The molecule has 26 heavy (non-hydrogen) atoms. The minimum atomic E-state index is -0.947. The van der Waals surface area contributed by atoms with Gasteiger partial charge in [-0.05, 0) is 37.0 Å². The fraction of sp³-hybridized carbons (Fsp3) is 0.400. The van der Waals surface area contributed by atoms with Crippen molar-refractivity contribution in [1.29, 1.82) is 0 Å². The Balaban J connectivity index is 1.68. The number of para-hydroxylation sites is 1. The van der Waals surface area contributed by atoms with Crippen molar-refractivity contribution in [3.05, 3.63) is 47.9 Å². The van der Waals surface area contributed by atoms with Crippen LogP contribution in [-0.2, 0) is 20.7 Å². The number of carboxylic acid groups (broad SMARTS) is 1. The number of ether oxygens (including phenoxy) is 1. The predicted octanol–water partition coefficient (Wildman–Crippen LogP) is 2.62. The van der Waals surface area contributed by atoms with Gasteiger partial charge in [-0.2, -0.15) is 0 Å². The van der Waals surface area contributed by atoms with Crippen molar-refractivity contribution in [3.8, 4) is 0 Å². The molecule has 0 spiro atoms. The molecule has 2 aromatic rings. The molecule has 3 aliphatic heterocycles. The number of aromatic amines is 1. The van der Waals surface area contributed by atoms with Gasteiger partial charge in [0, 0.05) is 23.0 Å². The van der Waals surface area contributed by atoms with Crippen LogP contribution in [-0.4, -0.2) is 39.0 Å². The third kappa shape index (κ3) is 1.98. The Hall–Kier alpha value is -2.76. The second kappa shape index (κ2) is 5.37. The monoisotopic (exact) mass is 352 g/mol. The summed E-state index contributed by atoms with van der Waals surface area (Å²) >= 11 is 0. The molecule has 0 radical (unpaired) electrons. The number of piperidine rings is 1. The molecule has 1 aromatic heterocycles. The van der Waals surface area contributed by atoms with Crippen molar-refractivity contribution < 1.29 is 19.4 Å². The van der Waals surface area contributed by atoms with Crippen LogP contribution >= 0.6 is 0 Å². The summed E-state index contributed by atoms with van der Waals surface area (Å²) in [5.74, 6) is -1.30. The number of carboxylic acids is 1. The number of aliphatic carboxylic acids is 1. The zero-order valence-electron chi connectivity index (χ0n) is 14.4. The zero-order valence-corrected chi connectivity index (χ0v) is 14.4. The first kappa shape index (κ1) is 15.5. The zero-order chi connectivity index (χ0) is 18.0. The van der Waals surface area contributed by atoms with Crippen LogP contribution in [0, 0.1) is 11.8 Å². The van der Waals surface area contributed by atoms with E-state index in [0.717, 1.165) is 22.2 Å². The number of rotatable bonds is 1. The minimum absolute atomic E-state index is 0.0688. The third-order valence-electron chi connectivity index (χ3n) is 6.15. The van der Waals surface area contributed by atoms with E-state index in [2.05, 4.69) is 4.98 Å². The van der Waals surface area contributed by atoms with E-state index in [1.807, 2.05) is 37.3 Å². The van der Waals surface area contributed by atoms with Gasteiger partial charge in [-0.25, -0.2) is 4.79 Å². The number of nitrogens with one attached hydrogen (secondary N) is 1. The standard InChI is InChI=1S/C20H20N2O4/c1-10-17-11(6-7-26-10)8-15-18-13(12-4-2-3-5-14(12)21-18)9-16(20(24)25)22(15)19(17)23/h2-7,10-11,15-17,21H,8-9H2,1H3,(H,24,25)/t10-,11?,15?,16-,17?/m0/s1. The van der Waals surface area contributed by atoms with E-state index < -0.39 is 12.0 Å². The maximum absolute atomic E-state index is 13.3. The van der Waals surface area contributed by atoms with Crippen molar-refractivity contribution in [1.82, 2.24) is 9.88 Å². The normalized spacial score (nSPS) is 32.6. The predicted molar refractivity (Wildman–Crippen MR) is 94.3 cm³/mol. The fourth-order valence-electron chi connectivity index (χ4n) is 4.98. The first-order chi connectivity index (χ1) is 12.6. The maximum Gasteiger partial charge on any atom is 0.326 e. The Labute approximate surface area is 150 Å². The second-order valence-corrected chi connectivity index (χ2v) is 7.48. The lowest BCUT2D eigenvalue weighted by Crippen LogP contribution is -2.59. The van der Waals surface area contributed by atoms with Gasteiger partial charge in [0.1, 0.15) is 12.1 Å². The van der Waals surface area contributed by atoms with E-state index >= 15 is 0 Å². The summed E-state index contributed by atoms with van der Waals surface area (Å²) in [6.45, 7) is 1.88. The average molecular weight is 352 g/mol. The quantitative estimate of drug-likeness (QED) is 0.826. The molecule has 0 saturated carbocycles. The van der Waals surface area contributed by atoms with Gasteiger partial charge in [0.2, 0.25) is 5.91 Å². The number of carbonyl (C=O) groups excluding carboxylic acids is 1.